The molecule has 0 radical (unpaired) electrons. The summed E-state index contributed by atoms with van der Waals surface area (Å²) in [5.74, 6) is -0.641. The van der Waals surface area contributed by atoms with Crippen LogP contribution in [0.25, 0.3) is 0 Å². The highest BCUT2D eigenvalue weighted by molar-refractivity contribution is 5.89. The van der Waals surface area contributed by atoms with Crippen molar-refractivity contribution < 1.29 is 19.4 Å². The van der Waals surface area contributed by atoms with Gasteiger partial charge in [0, 0.05) is 25.8 Å². The Balaban J connectivity index is 2.15. The van der Waals surface area contributed by atoms with E-state index in [1.54, 1.807) is 6.07 Å². The van der Waals surface area contributed by atoms with Gasteiger partial charge in [-0.25, -0.2) is 4.79 Å². The van der Waals surface area contributed by atoms with E-state index in [1.165, 1.54) is 23.9 Å². The van der Waals surface area contributed by atoms with Crippen molar-refractivity contribution in [2.24, 2.45) is 0 Å². The van der Waals surface area contributed by atoms with Crippen molar-refractivity contribution in [3.8, 4) is 6.07 Å². The second kappa shape index (κ2) is 7.87. The number of methoxy groups -OCH3 is 1. The number of esters is 1. The van der Waals surface area contributed by atoms with Gasteiger partial charge in [-0.1, -0.05) is 0 Å². The quantitative estimate of drug-likeness (QED) is 0.708. The smallest absolute Gasteiger partial charge is 0.339 e. The normalized spacial score (nSPS) is 16.6. The van der Waals surface area contributed by atoms with Crippen LogP contribution < -0.4 is 5.56 Å². The van der Waals surface area contributed by atoms with Gasteiger partial charge in [0.2, 0.25) is 0 Å². The van der Waals surface area contributed by atoms with Crippen LogP contribution in [0.2, 0.25) is 0 Å². The van der Waals surface area contributed by atoms with Crippen LogP contribution in [0.1, 0.15) is 15.9 Å². The van der Waals surface area contributed by atoms with Crippen LogP contribution in [0.4, 0.5) is 0 Å². The summed E-state index contributed by atoms with van der Waals surface area (Å²) in [6.45, 7) is 3.05. The molecule has 1 aromatic heterocycles. The maximum atomic E-state index is 12.1. The van der Waals surface area contributed by atoms with Gasteiger partial charge in [-0.15, -0.1) is 0 Å². The van der Waals surface area contributed by atoms with Gasteiger partial charge < -0.3 is 19.1 Å². The van der Waals surface area contributed by atoms with E-state index in [9.17, 15) is 14.7 Å². The topological polar surface area (TPSA) is 105 Å². The number of aliphatic hydroxyl groups excluding tert-OH is 1. The first-order valence-electron chi connectivity index (χ1n) is 7.26. The number of rotatable bonds is 5. The molecule has 0 saturated carbocycles. The summed E-state index contributed by atoms with van der Waals surface area (Å²) < 4.78 is 11.0. The van der Waals surface area contributed by atoms with Gasteiger partial charge in [0.05, 0.1) is 38.5 Å². The van der Waals surface area contributed by atoms with Crippen LogP contribution in [0.5, 0.6) is 0 Å². The fraction of sp³-hybridized carbons (Fsp3) is 0.533. The molecule has 1 aliphatic rings. The maximum absolute atomic E-state index is 12.1. The van der Waals surface area contributed by atoms with Gasteiger partial charge in [-0.3, -0.25) is 9.69 Å². The highest BCUT2D eigenvalue weighted by Crippen LogP contribution is 2.05. The zero-order valence-electron chi connectivity index (χ0n) is 12.9. The number of nitriles is 1. The molecule has 0 aliphatic carbocycles. The number of hydrogen-bond donors (Lipinski definition) is 1. The number of carbonyl (C=O) groups is 1. The standard InChI is InChI=1S/C15H19N3O5/c1-22-15(21)12-6-11(7-16)14(20)18(8-12)10-13(19)9-17-2-4-23-5-3-17/h6,8,13,19H,2-5,9-10H2,1H3/t13-/m0/s1. The number of morpholine rings is 1. The number of pyridine rings is 1. The number of nitrogens with zero attached hydrogens (tertiary/aromatic N) is 3. The highest BCUT2D eigenvalue weighted by Gasteiger charge is 2.18. The second-order valence-corrected chi connectivity index (χ2v) is 5.27. The van der Waals surface area contributed by atoms with Gasteiger partial charge in [0.15, 0.2) is 0 Å². The van der Waals surface area contributed by atoms with E-state index in [-0.39, 0.29) is 17.7 Å². The van der Waals surface area contributed by atoms with E-state index < -0.39 is 17.6 Å². The predicted molar refractivity (Wildman–Crippen MR) is 80.0 cm³/mol. The lowest BCUT2D eigenvalue weighted by atomic mass is 10.2. The Kier molecular flexibility index (Phi) is 5.87. The Morgan fingerprint density at radius 3 is 2.78 bits per heavy atom. The fourth-order valence-electron chi connectivity index (χ4n) is 2.45. The minimum absolute atomic E-state index is 0.00426. The molecule has 1 aliphatic heterocycles. The summed E-state index contributed by atoms with van der Waals surface area (Å²) >= 11 is 0. The van der Waals surface area contributed by atoms with Gasteiger partial charge >= 0.3 is 5.97 Å². The Morgan fingerprint density at radius 1 is 1.48 bits per heavy atom. The van der Waals surface area contributed by atoms with E-state index in [4.69, 9.17) is 10.00 Å². The predicted octanol–water partition coefficient (Wildman–Crippen LogP) is -0.800. The van der Waals surface area contributed by atoms with Crippen LogP contribution >= 0.6 is 0 Å². The molecule has 0 bridgehead atoms. The Labute approximate surface area is 133 Å². The first-order chi connectivity index (χ1) is 11.0. The number of carbonyl (C=O) groups excluding carboxylic acids is 1. The molecule has 2 heterocycles. The Hall–Kier alpha value is -2.21. The molecule has 0 aromatic carbocycles. The zero-order chi connectivity index (χ0) is 16.8. The zero-order valence-corrected chi connectivity index (χ0v) is 12.9. The number of β-amino-alcohol motifs (C(OH)–C–C–N with tert-alkyl or cyclic N) is 1. The van der Waals surface area contributed by atoms with Crippen LogP contribution in [-0.4, -0.2) is 66.6 Å². The molecule has 1 saturated heterocycles. The third kappa shape index (κ3) is 4.39. The molecule has 8 nitrogen and oxygen atoms in total. The number of ether oxygens (including phenoxy) is 2. The van der Waals surface area contributed by atoms with Crippen molar-refractivity contribution in [2.45, 2.75) is 12.6 Å². The van der Waals surface area contributed by atoms with Crippen molar-refractivity contribution in [3.63, 3.8) is 0 Å². The first-order valence-corrected chi connectivity index (χ1v) is 7.26. The maximum Gasteiger partial charge on any atom is 0.339 e. The lowest BCUT2D eigenvalue weighted by molar-refractivity contribution is 0.0113. The summed E-state index contributed by atoms with van der Waals surface area (Å²) in [5, 5.41) is 19.2. The van der Waals surface area contributed by atoms with Crippen molar-refractivity contribution >= 4 is 5.97 Å². The summed E-state index contributed by atoms with van der Waals surface area (Å²) in [6.07, 6.45) is 0.502. The second-order valence-electron chi connectivity index (χ2n) is 5.27. The molecule has 1 aromatic rings. The summed E-state index contributed by atoms with van der Waals surface area (Å²) in [6, 6.07) is 2.95. The SMILES string of the molecule is COC(=O)c1cc(C#N)c(=O)n(C[C@@H](O)CN2CCOCC2)c1. The number of aliphatic hydroxyl groups is 1. The molecule has 2 rings (SSSR count). The summed E-state index contributed by atoms with van der Waals surface area (Å²) in [7, 11) is 1.22. The van der Waals surface area contributed by atoms with E-state index >= 15 is 0 Å². The van der Waals surface area contributed by atoms with E-state index in [0.717, 1.165) is 13.1 Å². The average molecular weight is 321 g/mol. The largest absolute Gasteiger partial charge is 0.465 e. The minimum Gasteiger partial charge on any atom is -0.465 e. The van der Waals surface area contributed by atoms with Crippen molar-refractivity contribution in [3.05, 3.63) is 33.7 Å². The first kappa shape index (κ1) is 17.1. The summed E-state index contributed by atoms with van der Waals surface area (Å²) in [5.41, 5.74) is -0.602. The van der Waals surface area contributed by atoms with Crippen LogP contribution in [0.15, 0.2) is 17.1 Å². The van der Waals surface area contributed by atoms with Crippen molar-refractivity contribution in [1.29, 1.82) is 5.26 Å². The minimum atomic E-state index is -0.801. The molecule has 1 atom stereocenters. The van der Waals surface area contributed by atoms with Gasteiger partial charge in [0.1, 0.15) is 11.6 Å². The van der Waals surface area contributed by atoms with Crippen molar-refractivity contribution in [1.82, 2.24) is 9.47 Å². The molecule has 0 amide bonds. The molecule has 1 fully saturated rings. The van der Waals surface area contributed by atoms with E-state index in [1.807, 2.05) is 4.90 Å². The van der Waals surface area contributed by atoms with E-state index in [2.05, 4.69) is 4.74 Å². The number of aromatic nitrogens is 1. The van der Waals surface area contributed by atoms with Gasteiger partial charge in [-0.05, 0) is 6.07 Å². The Bertz CT molecular complexity index is 658. The third-order valence-corrected chi connectivity index (χ3v) is 3.61. The lowest BCUT2D eigenvalue weighted by Crippen LogP contribution is -2.43. The molecule has 23 heavy (non-hydrogen) atoms. The van der Waals surface area contributed by atoms with E-state index in [0.29, 0.717) is 19.8 Å². The Morgan fingerprint density at radius 2 is 2.17 bits per heavy atom. The van der Waals surface area contributed by atoms with Gasteiger partial charge in [-0.2, -0.15) is 5.26 Å². The molecule has 8 heteroatoms. The van der Waals surface area contributed by atoms with Gasteiger partial charge in [0.25, 0.3) is 5.56 Å². The number of hydrogen-bond acceptors (Lipinski definition) is 7. The monoisotopic (exact) mass is 321 g/mol. The molecule has 0 spiro atoms. The molecular weight excluding hydrogens is 302 g/mol. The third-order valence-electron chi connectivity index (χ3n) is 3.61. The van der Waals surface area contributed by atoms with Crippen LogP contribution in [0.3, 0.4) is 0 Å². The van der Waals surface area contributed by atoms with Crippen molar-refractivity contribution in [2.75, 3.05) is 40.0 Å². The molecule has 0 unspecified atom stereocenters. The molecule has 124 valence electrons. The molecule has 1 N–H and O–H groups in total. The fourth-order valence-corrected chi connectivity index (χ4v) is 2.45. The summed E-state index contributed by atoms with van der Waals surface area (Å²) in [4.78, 5) is 25.8. The average Bonchev–Trinajstić information content (AvgIpc) is 2.56. The highest BCUT2D eigenvalue weighted by atomic mass is 16.5. The van der Waals surface area contributed by atoms with Crippen LogP contribution in [0, 0.1) is 11.3 Å². The van der Waals surface area contributed by atoms with Crippen LogP contribution in [-0.2, 0) is 16.0 Å². The lowest BCUT2D eigenvalue weighted by Gasteiger charge is -2.28. The molecular formula is C15H19N3O5.